The van der Waals surface area contributed by atoms with Crippen LogP contribution in [0.2, 0.25) is 0 Å². The van der Waals surface area contributed by atoms with E-state index in [1.807, 2.05) is 6.92 Å². The van der Waals surface area contributed by atoms with Crippen molar-refractivity contribution in [2.45, 2.75) is 13.0 Å². The zero-order valence-electron chi connectivity index (χ0n) is 10.9. The van der Waals surface area contributed by atoms with E-state index in [1.165, 1.54) is 0 Å². The highest BCUT2D eigenvalue weighted by Gasteiger charge is 2.30. The molecule has 2 rings (SSSR count). The van der Waals surface area contributed by atoms with Crippen LogP contribution in [0.1, 0.15) is 17.2 Å². The molecule has 1 heterocycles. The molecule has 7 nitrogen and oxygen atoms in total. The minimum Gasteiger partial charge on any atom is -0.479 e. The molecule has 1 atom stereocenters. The number of imide groups is 1. The molecule has 7 heteroatoms. The van der Waals surface area contributed by atoms with Crippen LogP contribution >= 0.6 is 0 Å². The van der Waals surface area contributed by atoms with E-state index in [1.54, 1.807) is 24.3 Å². The standard InChI is InChI=1S/C13H15N3O4/c1-8-2-4-9(5-3-8)10(11(17)18)15-13(20)16-7-6-14-12(16)19/h2-5,10H,6-7H2,1H3,(H,14,19)(H,15,20)(H,17,18). The largest absolute Gasteiger partial charge is 0.479 e. The minimum atomic E-state index is -1.18. The van der Waals surface area contributed by atoms with Gasteiger partial charge in [-0.05, 0) is 12.5 Å². The summed E-state index contributed by atoms with van der Waals surface area (Å²) in [5.41, 5.74) is 1.44. The van der Waals surface area contributed by atoms with E-state index in [-0.39, 0.29) is 6.54 Å². The molecule has 1 fully saturated rings. The third-order valence-electron chi connectivity index (χ3n) is 3.03. The van der Waals surface area contributed by atoms with Crippen LogP contribution in [-0.4, -0.2) is 41.1 Å². The average Bonchev–Trinajstić information content (AvgIpc) is 2.83. The summed E-state index contributed by atoms with van der Waals surface area (Å²) in [4.78, 5) is 35.5. The van der Waals surface area contributed by atoms with Gasteiger partial charge in [0.1, 0.15) is 0 Å². The SMILES string of the molecule is Cc1ccc(C(NC(=O)N2CCNC2=O)C(=O)O)cc1. The highest BCUT2D eigenvalue weighted by Crippen LogP contribution is 2.15. The Morgan fingerprint density at radius 3 is 2.50 bits per heavy atom. The van der Waals surface area contributed by atoms with Gasteiger partial charge >= 0.3 is 18.0 Å². The van der Waals surface area contributed by atoms with Crippen LogP contribution in [0.4, 0.5) is 9.59 Å². The lowest BCUT2D eigenvalue weighted by Gasteiger charge is -2.19. The van der Waals surface area contributed by atoms with Gasteiger partial charge in [0, 0.05) is 13.1 Å². The number of carbonyl (C=O) groups is 3. The van der Waals surface area contributed by atoms with Gasteiger partial charge < -0.3 is 15.7 Å². The fraction of sp³-hybridized carbons (Fsp3) is 0.308. The lowest BCUT2D eigenvalue weighted by atomic mass is 10.1. The number of urea groups is 2. The molecule has 0 radical (unpaired) electrons. The molecule has 0 bridgehead atoms. The normalized spacial score (nSPS) is 15.7. The number of carboxylic acid groups (broad SMARTS) is 1. The Labute approximate surface area is 115 Å². The van der Waals surface area contributed by atoms with Gasteiger partial charge in [0.2, 0.25) is 0 Å². The number of rotatable bonds is 3. The predicted octanol–water partition coefficient (Wildman–Crippen LogP) is 0.856. The Balaban J connectivity index is 2.13. The molecule has 1 unspecified atom stereocenters. The fourth-order valence-electron chi connectivity index (χ4n) is 1.91. The fourth-order valence-corrected chi connectivity index (χ4v) is 1.91. The van der Waals surface area contributed by atoms with Gasteiger partial charge in [0.25, 0.3) is 0 Å². The van der Waals surface area contributed by atoms with E-state index in [2.05, 4.69) is 10.6 Å². The van der Waals surface area contributed by atoms with Crippen LogP contribution in [0.3, 0.4) is 0 Å². The molecule has 1 aliphatic heterocycles. The van der Waals surface area contributed by atoms with E-state index in [0.29, 0.717) is 12.1 Å². The van der Waals surface area contributed by atoms with Gasteiger partial charge in [-0.25, -0.2) is 19.3 Å². The average molecular weight is 277 g/mol. The van der Waals surface area contributed by atoms with Gasteiger partial charge in [0.15, 0.2) is 6.04 Å². The summed E-state index contributed by atoms with van der Waals surface area (Å²) >= 11 is 0. The lowest BCUT2D eigenvalue weighted by Crippen LogP contribution is -2.45. The van der Waals surface area contributed by atoms with Crippen molar-refractivity contribution in [2.75, 3.05) is 13.1 Å². The summed E-state index contributed by atoms with van der Waals surface area (Å²) in [6.07, 6.45) is 0. The van der Waals surface area contributed by atoms with Crippen LogP contribution in [0.5, 0.6) is 0 Å². The second-order valence-corrected chi connectivity index (χ2v) is 4.51. The Morgan fingerprint density at radius 2 is 2.00 bits per heavy atom. The molecule has 20 heavy (non-hydrogen) atoms. The first-order valence-electron chi connectivity index (χ1n) is 6.14. The molecule has 1 aliphatic rings. The van der Waals surface area contributed by atoms with Crippen LogP contribution in [0, 0.1) is 6.92 Å². The van der Waals surface area contributed by atoms with Crippen molar-refractivity contribution in [3.63, 3.8) is 0 Å². The van der Waals surface area contributed by atoms with Crippen molar-refractivity contribution in [1.82, 2.24) is 15.5 Å². The number of aliphatic carboxylic acids is 1. The molecule has 4 amide bonds. The number of hydrogen-bond donors (Lipinski definition) is 3. The van der Waals surface area contributed by atoms with Crippen molar-refractivity contribution in [3.05, 3.63) is 35.4 Å². The first kappa shape index (κ1) is 13.9. The summed E-state index contributed by atoms with van der Waals surface area (Å²) in [7, 11) is 0. The zero-order chi connectivity index (χ0) is 14.7. The van der Waals surface area contributed by atoms with Crippen LogP contribution in [-0.2, 0) is 4.79 Å². The molecule has 0 aromatic heterocycles. The molecular weight excluding hydrogens is 262 g/mol. The molecule has 0 aliphatic carbocycles. The molecule has 1 aromatic carbocycles. The smallest absolute Gasteiger partial charge is 0.330 e. The third-order valence-corrected chi connectivity index (χ3v) is 3.03. The van der Waals surface area contributed by atoms with E-state index in [9.17, 15) is 19.5 Å². The molecule has 3 N–H and O–H groups in total. The highest BCUT2D eigenvalue weighted by atomic mass is 16.4. The molecular formula is C13H15N3O4. The summed E-state index contributed by atoms with van der Waals surface area (Å²) in [6, 6.07) is 4.39. The van der Waals surface area contributed by atoms with Crippen molar-refractivity contribution in [2.24, 2.45) is 0 Å². The Hall–Kier alpha value is -2.57. The van der Waals surface area contributed by atoms with Crippen LogP contribution in [0.15, 0.2) is 24.3 Å². The Kier molecular flexibility index (Phi) is 3.88. The molecule has 0 spiro atoms. The van der Waals surface area contributed by atoms with Crippen molar-refractivity contribution in [1.29, 1.82) is 0 Å². The first-order chi connectivity index (χ1) is 9.49. The van der Waals surface area contributed by atoms with Gasteiger partial charge in [-0.15, -0.1) is 0 Å². The van der Waals surface area contributed by atoms with Crippen molar-refractivity contribution in [3.8, 4) is 0 Å². The number of hydrogen-bond acceptors (Lipinski definition) is 3. The maximum Gasteiger partial charge on any atom is 0.330 e. The van der Waals surface area contributed by atoms with Crippen molar-refractivity contribution >= 4 is 18.0 Å². The van der Waals surface area contributed by atoms with E-state index >= 15 is 0 Å². The number of nitrogens with zero attached hydrogens (tertiary/aromatic N) is 1. The summed E-state index contributed by atoms with van der Waals surface area (Å²) < 4.78 is 0. The van der Waals surface area contributed by atoms with Crippen molar-refractivity contribution < 1.29 is 19.5 Å². The monoisotopic (exact) mass is 277 g/mol. The summed E-state index contributed by atoms with van der Waals surface area (Å²) in [6.45, 7) is 2.48. The zero-order valence-corrected chi connectivity index (χ0v) is 10.9. The van der Waals surface area contributed by atoms with E-state index in [0.717, 1.165) is 10.5 Å². The third kappa shape index (κ3) is 2.87. The molecule has 106 valence electrons. The maximum atomic E-state index is 11.9. The van der Waals surface area contributed by atoms with Gasteiger partial charge in [0.05, 0.1) is 0 Å². The predicted molar refractivity (Wildman–Crippen MR) is 70.2 cm³/mol. The number of amides is 4. The van der Waals surface area contributed by atoms with E-state index < -0.39 is 24.1 Å². The number of benzene rings is 1. The lowest BCUT2D eigenvalue weighted by molar-refractivity contribution is -0.139. The highest BCUT2D eigenvalue weighted by molar-refractivity contribution is 5.96. The Bertz CT molecular complexity index is 541. The molecule has 1 saturated heterocycles. The summed E-state index contributed by atoms with van der Waals surface area (Å²) in [5, 5.41) is 14.0. The summed E-state index contributed by atoms with van der Waals surface area (Å²) in [5.74, 6) is -1.18. The van der Waals surface area contributed by atoms with Gasteiger partial charge in [-0.2, -0.15) is 0 Å². The molecule has 0 saturated carbocycles. The Morgan fingerprint density at radius 1 is 1.35 bits per heavy atom. The van der Waals surface area contributed by atoms with E-state index in [4.69, 9.17) is 0 Å². The quantitative estimate of drug-likeness (QED) is 0.763. The number of nitrogens with one attached hydrogen (secondary N) is 2. The second-order valence-electron chi connectivity index (χ2n) is 4.51. The van der Waals surface area contributed by atoms with Gasteiger partial charge in [-0.1, -0.05) is 29.8 Å². The topological polar surface area (TPSA) is 98.7 Å². The maximum absolute atomic E-state index is 11.9. The minimum absolute atomic E-state index is 0.227. The van der Waals surface area contributed by atoms with Crippen LogP contribution < -0.4 is 10.6 Å². The number of aryl methyl sites for hydroxylation is 1. The number of carbonyl (C=O) groups excluding carboxylic acids is 2. The second kappa shape index (κ2) is 5.60. The first-order valence-corrected chi connectivity index (χ1v) is 6.14. The number of carboxylic acids is 1. The van der Waals surface area contributed by atoms with Gasteiger partial charge in [-0.3, -0.25) is 0 Å². The molecule has 1 aromatic rings. The van der Waals surface area contributed by atoms with Crippen LogP contribution in [0.25, 0.3) is 0 Å².